The van der Waals surface area contributed by atoms with Gasteiger partial charge in [-0.25, -0.2) is 0 Å². The molecule has 7 atom stereocenters. The Kier molecular flexibility index (Phi) is 69.0. The number of hydrogen-bond acceptors (Lipinski definition) is 8. The van der Waals surface area contributed by atoms with Gasteiger partial charge in [0.15, 0.2) is 6.29 Å². The number of aliphatic hydroxyl groups excluding tert-OH is 5. The normalized spacial score (nSPS) is 17.9. The van der Waals surface area contributed by atoms with E-state index in [9.17, 15) is 30.3 Å². The van der Waals surface area contributed by atoms with E-state index in [1.54, 1.807) is 6.08 Å². The van der Waals surface area contributed by atoms with Crippen molar-refractivity contribution < 1.29 is 39.8 Å². The third kappa shape index (κ3) is 60.5. The molecule has 544 valence electrons. The molecule has 0 aromatic carbocycles. The summed E-state index contributed by atoms with van der Waals surface area (Å²) in [7, 11) is 0. The lowest BCUT2D eigenvalue weighted by Crippen LogP contribution is -2.60. The molecule has 7 unspecified atom stereocenters. The van der Waals surface area contributed by atoms with Crippen LogP contribution in [-0.2, 0) is 14.3 Å². The van der Waals surface area contributed by atoms with E-state index >= 15 is 0 Å². The van der Waals surface area contributed by atoms with Crippen LogP contribution in [-0.4, -0.2) is 87.5 Å². The second-order valence-electron chi connectivity index (χ2n) is 28.2. The zero-order chi connectivity index (χ0) is 67.1. The molecule has 1 aliphatic heterocycles. The Hall–Kier alpha value is -2.37. The Balaban J connectivity index is 2.05. The third-order valence-electron chi connectivity index (χ3n) is 19.3. The maximum Gasteiger partial charge on any atom is 0.220 e. The summed E-state index contributed by atoms with van der Waals surface area (Å²) in [6.07, 6.45) is 96.4. The number of nitrogens with one attached hydrogen (secondary N) is 1. The van der Waals surface area contributed by atoms with Gasteiger partial charge in [-0.15, -0.1) is 0 Å². The highest BCUT2D eigenvalue weighted by Gasteiger charge is 2.44. The van der Waals surface area contributed by atoms with Crippen LogP contribution in [0.5, 0.6) is 0 Å². The monoisotopic (exact) mass is 1310 g/mol. The molecule has 1 amide bonds. The smallest absolute Gasteiger partial charge is 0.220 e. The van der Waals surface area contributed by atoms with Crippen molar-refractivity contribution in [1.82, 2.24) is 5.32 Å². The summed E-state index contributed by atoms with van der Waals surface area (Å²) in [6.45, 7) is 3.71. The maximum absolute atomic E-state index is 13.2. The summed E-state index contributed by atoms with van der Waals surface area (Å²) in [6, 6.07) is -0.824. The molecule has 9 heteroatoms. The lowest BCUT2D eigenvalue weighted by atomic mass is 9.99. The molecular formula is C84H155NO8. The number of hydrogen-bond donors (Lipinski definition) is 6. The minimum Gasteiger partial charge on any atom is -0.394 e. The maximum atomic E-state index is 13.2. The number of rotatable bonds is 72. The average molecular weight is 1310 g/mol. The van der Waals surface area contributed by atoms with E-state index in [1.165, 1.54) is 315 Å². The predicted molar refractivity (Wildman–Crippen MR) is 401 cm³/mol. The number of carbonyl (C=O) groups is 1. The largest absolute Gasteiger partial charge is 0.394 e. The van der Waals surface area contributed by atoms with Gasteiger partial charge in [0.25, 0.3) is 0 Å². The van der Waals surface area contributed by atoms with E-state index in [0.717, 1.165) is 64.2 Å². The van der Waals surface area contributed by atoms with E-state index in [2.05, 4.69) is 79.9 Å². The molecule has 6 N–H and O–H groups in total. The Morgan fingerprint density at radius 1 is 0.376 bits per heavy atom. The first-order chi connectivity index (χ1) is 45.8. The zero-order valence-electron chi connectivity index (χ0n) is 61.3. The molecule has 9 nitrogen and oxygen atoms in total. The van der Waals surface area contributed by atoms with Crippen LogP contribution < -0.4 is 5.32 Å². The first kappa shape index (κ1) is 88.6. The van der Waals surface area contributed by atoms with Crippen LogP contribution in [0.1, 0.15) is 399 Å². The second-order valence-corrected chi connectivity index (χ2v) is 28.2. The molecule has 0 aliphatic carbocycles. The van der Waals surface area contributed by atoms with E-state index in [4.69, 9.17) is 9.47 Å². The van der Waals surface area contributed by atoms with Crippen molar-refractivity contribution in [1.29, 1.82) is 0 Å². The molecule has 1 fully saturated rings. The molecular weight excluding hydrogens is 1150 g/mol. The van der Waals surface area contributed by atoms with Gasteiger partial charge >= 0.3 is 0 Å². The van der Waals surface area contributed by atoms with E-state index in [0.29, 0.717) is 6.42 Å². The van der Waals surface area contributed by atoms with Gasteiger partial charge in [-0.05, 0) is 70.6 Å². The number of ether oxygens (including phenoxy) is 2. The van der Waals surface area contributed by atoms with Crippen LogP contribution in [0.25, 0.3) is 0 Å². The van der Waals surface area contributed by atoms with Crippen LogP contribution in [0.4, 0.5) is 0 Å². The van der Waals surface area contributed by atoms with Crippen molar-refractivity contribution >= 4 is 5.91 Å². The Labute approximate surface area is 576 Å². The Morgan fingerprint density at radius 2 is 0.677 bits per heavy atom. The molecule has 1 saturated heterocycles. The van der Waals surface area contributed by atoms with E-state index in [1.807, 2.05) is 6.08 Å². The number of carbonyl (C=O) groups excluding carboxylic acids is 1. The highest BCUT2D eigenvalue weighted by molar-refractivity contribution is 5.76. The van der Waals surface area contributed by atoms with Gasteiger partial charge < -0.3 is 40.3 Å². The quantitative estimate of drug-likeness (QED) is 0.0261. The predicted octanol–water partition coefficient (Wildman–Crippen LogP) is 23.4. The van der Waals surface area contributed by atoms with Crippen molar-refractivity contribution in [3.63, 3.8) is 0 Å². The van der Waals surface area contributed by atoms with Crippen molar-refractivity contribution in [2.75, 3.05) is 13.2 Å². The van der Waals surface area contributed by atoms with Crippen LogP contribution >= 0.6 is 0 Å². The molecule has 1 aliphatic rings. The van der Waals surface area contributed by atoms with Crippen molar-refractivity contribution in [3.8, 4) is 0 Å². The molecule has 0 radical (unpaired) electrons. The van der Waals surface area contributed by atoms with Gasteiger partial charge in [-0.2, -0.15) is 0 Å². The summed E-state index contributed by atoms with van der Waals surface area (Å²) in [5.74, 6) is -0.179. The lowest BCUT2D eigenvalue weighted by Gasteiger charge is -2.40. The fourth-order valence-electron chi connectivity index (χ4n) is 13.0. The average Bonchev–Trinajstić information content (AvgIpc) is 1.00. The molecule has 1 heterocycles. The first-order valence-corrected chi connectivity index (χ1v) is 40.7. The Bertz CT molecular complexity index is 1710. The van der Waals surface area contributed by atoms with Crippen molar-refractivity contribution in [3.05, 3.63) is 72.9 Å². The summed E-state index contributed by atoms with van der Waals surface area (Å²) >= 11 is 0. The molecule has 0 bridgehead atoms. The number of allylic oxidation sites excluding steroid dienone is 11. The molecule has 93 heavy (non-hydrogen) atoms. The summed E-state index contributed by atoms with van der Waals surface area (Å²) in [5.41, 5.74) is 0. The van der Waals surface area contributed by atoms with Crippen molar-refractivity contribution in [2.24, 2.45) is 0 Å². The Morgan fingerprint density at radius 3 is 1.03 bits per heavy atom. The molecule has 0 saturated carbocycles. The zero-order valence-corrected chi connectivity index (χ0v) is 61.3. The number of unbranched alkanes of at least 4 members (excludes halogenated alkanes) is 52. The van der Waals surface area contributed by atoms with Crippen LogP contribution in [0.2, 0.25) is 0 Å². The van der Waals surface area contributed by atoms with Gasteiger partial charge in [0.05, 0.1) is 25.4 Å². The summed E-state index contributed by atoms with van der Waals surface area (Å²) < 4.78 is 11.3. The molecule has 0 aromatic rings. The SMILES string of the molecule is CC/C=C\C/C=C\C/C=C\C/C=C\CCCCCCCCCCCCCCCCCCCCCCCCCCCCCCC(=O)NC(COC1OC(CO)C(O)C(O)C1O)C(O)/C=C/CC/C=C/CCCCCCCCCCCCCCCCCCCCCCCCC. The third-order valence-corrected chi connectivity index (χ3v) is 19.3. The van der Waals surface area contributed by atoms with E-state index < -0.39 is 49.5 Å². The summed E-state index contributed by atoms with van der Waals surface area (Å²) in [5, 5.41) is 54.9. The molecule has 1 rings (SSSR count). The molecule has 0 spiro atoms. The molecule has 0 aromatic heterocycles. The fourth-order valence-corrected chi connectivity index (χ4v) is 13.0. The van der Waals surface area contributed by atoms with Gasteiger partial charge in [0.1, 0.15) is 24.4 Å². The van der Waals surface area contributed by atoms with Gasteiger partial charge in [-0.1, -0.05) is 395 Å². The van der Waals surface area contributed by atoms with Crippen molar-refractivity contribution in [2.45, 2.75) is 442 Å². The minimum atomic E-state index is -1.57. The standard InChI is InChI=1S/C84H155NO8/c1-3-5-7-9-11-13-15-17-19-21-23-25-27-29-31-33-34-35-36-37-38-39-40-41-42-43-44-46-48-50-52-54-56-58-60-62-64-66-68-70-72-74-80(88)85-77(76-92-84-83(91)82(90)81(89)79(75-86)93-84)78(87)73-71-69-67-65-63-61-59-57-55-53-51-49-47-45-32-30-28-26-24-22-20-18-16-14-12-10-8-6-4-2/h5,7,11,13,17,19,23,25,63,65,71,73,77-79,81-84,86-87,89-91H,3-4,6,8-10,12,14-16,18,20-22,24,26-62,64,66-70,72,74-76H2,1-2H3,(H,85,88)/b7-5-,13-11-,19-17-,25-23-,65-63+,73-71+. The topological polar surface area (TPSA) is 149 Å². The van der Waals surface area contributed by atoms with Gasteiger partial charge in [0, 0.05) is 6.42 Å². The van der Waals surface area contributed by atoms with Crippen LogP contribution in [0.3, 0.4) is 0 Å². The van der Waals surface area contributed by atoms with Crippen LogP contribution in [0, 0.1) is 0 Å². The van der Waals surface area contributed by atoms with E-state index in [-0.39, 0.29) is 12.5 Å². The van der Waals surface area contributed by atoms with Gasteiger partial charge in [-0.3, -0.25) is 4.79 Å². The number of aliphatic hydroxyl groups is 5. The van der Waals surface area contributed by atoms with Crippen LogP contribution in [0.15, 0.2) is 72.9 Å². The fraction of sp³-hybridized carbons (Fsp3) is 0.845. The number of amides is 1. The summed E-state index contributed by atoms with van der Waals surface area (Å²) in [4.78, 5) is 13.2. The van der Waals surface area contributed by atoms with Gasteiger partial charge in [0.2, 0.25) is 5.91 Å². The second kappa shape index (κ2) is 72.4. The highest BCUT2D eigenvalue weighted by Crippen LogP contribution is 2.24. The first-order valence-electron chi connectivity index (χ1n) is 40.7. The highest BCUT2D eigenvalue weighted by atomic mass is 16.7. The lowest BCUT2D eigenvalue weighted by molar-refractivity contribution is -0.302. The minimum absolute atomic E-state index is 0.179.